The first-order valence-corrected chi connectivity index (χ1v) is 10.7. The summed E-state index contributed by atoms with van der Waals surface area (Å²) < 4.78 is 0. The fourth-order valence-corrected chi connectivity index (χ4v) is 3.99. The molecule has 1 aromatic heterocycles. The topological polar surface area (TPSA) is 98.7 Å². The zero-order valence-corrected chi connectivity index (χ0v) is 17.2. The first-order chi connectivity index (χ1) is 14.2. The molecule has 8 heteroatoms. The standard InChI is InChI=1S/C21H32N6O2/c1-2-23-21(24-14-19(28)25-17-9-6-11-22-13-17)26-18-10-12-27(15-18)20(29)16-7-4-3-5-8-16/h6,9,11,13,16,18H,2-5,7-8,10,12,14-15H2,1H3,(H,25,28)(H2,23,24,26). The van der Waals surface area contributed by atoms with Crippen LogP contribution in [-0.4, -0.2) is 59.9 Å². The van der Waals surface area contributed by atoms with Gasteiger partial charge < -0.3 is 20.9 Å². The highest BCUT2D eigenvalue weighted by molar-refractivity contribution is 5.94. The van der Waals surface area contributed by atoms with Gasteiger partial charge in [0.15, 0.2) is 5.96 Å². The molecule has 1 aliphatic heterocycles. The second-order valence-electron chi connectivity index (χ2n) is 7.73. The van der Waals surface area contributed by atoms with E-state index in [0.717, 1.165) is 25.8 Å². The third kappa shape index (κ3) is 6.44. The predicted molar refractivity (Wildman–Crippen MR) is 114 cm³/mol. The van der Waals surface area contributed by atoms with Gasteiger partial charge in [-0.3, -0.25) is 14.6 Å². The second-order valence-corrected chi connectivity index (χ2v) is 7.73. The molecule has 1 aromatic rings. The zero-order valence-electron chi connectivity index (χ0n) is 17.2. The van der Waals surface area contributed by atoms with E-state index in [1.807, 2.05) is 11.8 Å². The molecule has 2 heterocycles. The molecule has 0 bridgehead atoms. The lowest BCUT2D eigenvalue weighted by Gasteiger charge is -2.26. The normalized spacial score (nSPS) is 20.4. The van der Waals surface area contributed by atoms with Crippen LogP contribution in [0.15, 0.2) is 29.5 Å². The van der Waals surface area contributed by atoms with E-state index in [0.29, 0.717) is 30.6 Å². The number of hydrogen-bond donors (Lipinski definition) is 3. The molecule has 158 valence electrons. The number of nitrogens with zero attached hydrogens (tertiary/aromatic N) is 3. The Bertz CT molecular complexity index is 702. The average Bonchev–Trinajstić information content (AvgIpc) is 3.21. The van der Waals surface area contributed by atoms with Gasteiger partial charge in [0.2, 0.25) is 11.8 Å². The van der Waals surface area contributed by atoms with Crippen LogP contribution in [-0.2, 0) is 9.59 Å². The van der Waals surface area contributed by atoms with Crippen molar-refractivity contribution in [3.05, 3.63) is 24.5 Å². The van der Waals surface area contributed by atoms with Crippen LogP contribution in [0.1, 0.15) is 45.4 Å². The van der Waals surface area contributed by atoms with Crippen LogP contribution in [0.2, 0.25) is 0 Å². The molecule has 1 aliphatic carbocycles. The van der Waals surface area contributed by atoms with Crippen LogP contribution < -0.4 is 16.0 Å². The first kappa shape index (κ1) is 21.1. The quantitative estimate of drug-likeness (QED) is 0.499. The molecule has 1 unspecified atom stereocenters. The largest absolute Gasteiger partial charge is 0.357 e. The Hall–Kier alpha value is -2.64. The molecule has 0 radical (unpaired) electrons. The number of carbonyl (C=O) groups excluding carboxylic acids is 2. The van der Waals surface area contributed by atoms with Gasteiger partial charge in [-0.2, -0.15) is 0 Å². The summed E-state index contributed by atoms with van der Waals surface area (Å²) in [6.45, 7) is 4.19. The van der Waals surface area contributed by atoms with Crippen LogP contribution in [0.25, 0.3) is 0 Å². The summed E-state index contributed by atoms with van der Waals surface area (Å²) in [6.07, 6.45) is 9.81. The molecule has 1 atom stereocenters. The van der Waals surface area contributed by atoms with Crippen molar-refractivity contribution in [2.75, 3.05) is 31.5 Å². The molecule has 1 saturated carbocycles. The average molecular weight is 401 g/mol. The summed E-state index contributed by atoms with van der Waals surface area (Å²) in [6, 6.07) is 3.71. The number of amides is 2. The number of likely N-dealkylation sites (tertiary alicyclic amines) is 1. The summed E-state index contributed by atoms with van der Waals surface area (Å²) in [5.41, 5.74) is 0.651. The number of pyridine rings is 1. The Balaban J connectivity index is 1.48. The van der Waals surface area contributed by atoms with Gasteiger partial charge in [0, 0.05) is 37.8 Å². The van der Waals surface area contributed by atoms with Crippen LogP contribution in [0.5, 0.6) is 0 Å². The lowest BCUT2D eigenvalue weighted by atomic mass is 9.88. The van der Waals surface area contributed by atoms with Crippen molar-refractivity contribution in [2.24, 2.45) is 10.9 Å². The molecule has 29 heavy (non-hydrogen) atoms. The highest BCUT2D eigenvalue weighted by atomic mass is 16.2. The molecular formula is C21H32N6O2. The predicted octanol–water partition coefficient (Wildman–Crippen LogP) is 1.76. The molecule has 3 rings (SSSR count). The molecule has 2 amide bonds. The van der Waals surface area contributed by atoms with E-state index < -0.39 is 0 Å². The van der Waals surface area contributed by atoms with E-state index in [2.05, 4.69) is 25.9 Å². The molecular weight excluding hydrogens is 368 g/mol. The van der Waals surface area contributed by atoms with Crippen molar-refractivity contribution in [3.63, 3.8) is 0 Å². The number of anilines is 1. The number of aliphatic imine (C=N–C) groups is 1. The van der Waals surface area contributed by atoms with Crippen LogP contribution in [0.3, 0.4) is 0 Å². The number of rotatable bonds is 6. The minimum Gasteiger partial charge on any atom is -0.357 e. The molecule has 8 nitrogen and oxygen atoms in total. The van der Waals surface area contributed by atoms with Crippen LogP contribution in [0.4, 0.5) is 5.69 Å². The maximum atomic E-state index is 12.7. The van der Waals surface area contributed by atoms with Gasteiger partial charge in [0.05, 0.1) is 11.9 Å². The fraction of sp³-hybridized carbons (Fsp3) is 0.619. The van der Waals surface area contributed by atoms with Gasteiger partial charge in [0.1, 0.15) is 6.54 Å². The summed E-state index contributed by atoms with van der Waals surface area (Å²) in [5, 5.41) is 9.33. The van der Waals surface area contributed by atoms with E-state index in [4.69, 9.17) is 0 Å². The van der Waals surface area contributed by atoms with Crippen LogP contribution >= 0.6 is 0 Å². The van der Waals surface area contributed by atoms with E-state index in [-0.39, 0.29) is 24.4 Å². The van der Waals surface area contributed by atoms with Crippen molar-refractivity contribution < 1.29 is 9.59 Å². The van der Waals surface area contributed by atoms with E-state index in [1.54, 1.807) is 24.5 Å². The van der Waals surface area contributed by atoms with E-state index >= 15 is 0 Å². The zero-order chi connectivity index (χ0) is 20.5. The lowest BCUT2D eigenvalue weighted by Crippen LogP contribution is -2.46. The summed E-state index contributed by atoms with van der Waals surface area (Å²) in [5.74, 6) is 0.925. The van der Waals surface area contributed by atoms with E-state index in [9.17, 15) is 9.59 Å². The number of carbonyl (C=O) groups is 2. The number of hydrogen-bond acceptors (Lipinski definition) is 4. The lowest BCUT2D eigenvalue weighted by molar-refractivity contribution is -0.135. The molecule has 2 aliphatic rings. The minimum atomic E-state index is -0.198. The first-order valence-electron chi connectivity index (χ1n) is 10.7. The van der Waals surface area contributed by atoms with Gasteiger partial charge in [-0.15, -0.1) is 0 Å². The van der Waals surface area contributed by atoms with Crippen molar-refractivity contribution in [3.8, 4) is 0 Å². The highest BCUT2D eigenvalue weighted by Crippen LogP contribution is 2.26. The van der Waals surface area contributed by atoms with Gasteiger partial charge in [-0.25, -0.2) is 4.99 Å². The number of aromatic nitrogens is 1. The van der Waals surface area contributed by atoms with Gasteiger partial charge in [-0.05, 0) is 38.3 Å². The molecule has 0 spiro atoms. The Kier molecular flexibility index (Phi) is 7.84. The monoisotopic (exact) mass is 400 g/mol. The summed E-state index contributed by atoms with van der Waals surface area (Å²) in [4.78, 5) is 35.2. The van der Waals surface area contributed by atoms with Crippen molar-refractivity contribution in [1.82, 2.24) is 20.5 Å². The van der Waals surface area contributed by atoms with Crippen molar-refractivity contribution in [2.45, 2.75) is 51.5 Å². The SMILES string of the molecule is CCNC(=NCC(=O)Nc1cccnc1)NC1CCN(C(=O)C2CCCCC2)C1. The summed E-state index contributed by atoms with van der Waals surface area (Å²) >= 11 is 0. The Morgan fingerprint density at radius 2 is 2.07 bits per heavy atom. The smallest absolute Gasteiger partial charge is 0.246 e. The van der Waals surface area contributed by atoms with Gasteiger partial charge in [-0.1, -0.05) is 19.3 Å². The van der Waals surface area contributed by atoms with Gasteiger partial charge in [0.25, 0.3) is 0 Å². The van der Waals surface area contributed by atoms with Crippen molar-refractivity contribution >= 4 is 23.5 Å². The van der Waals surface area contributed by atoms with Crippen molar-refractivity contribution in [1.29, 1.82) is 0 Å². The third-order valence-corrected chi connectivity index (χ3v) is 5.47. The molecule has 0 aromatic carbocycles. The second kappa shape index (κ2) is 10.8. The Labute approximate surface area is 172 Å². The molecule has 3 N–H and O–H groups in total. The van der Waals surface area contributed by atoms with E-state index in [1.165, 1.54) is 19.3 Å². The third-order valence-electron chi connectivity index (χ3n) is 5.47. The molecule has 1 saturated heterocycles. The maximum Gasteiger partial charge on any atom is 0.246 e. The number of nitrogens with one attached hydrogen (secondary N) is 3. The van der Waals surface area contributed by atoms with Gasteiger partial charge >= 0.3 is 0 Å². The summed E-state index contributed by atoms with van der Waals surface area (Å²) in [7, 11) is 0. The Morgan fingerprint density at radius 3 is 2.79 bits per heavy atom. The number of guanidine groups is 1. The highest BCUT2D eigenvalue weighted by Gasteiger charge is 2.31. The molecule has 2 fully saturated rings. The van der Waals surface area contributed by atoms with Crippen LogP contribution in [0, 0.1) is 5.92 Å². The fourth-order valence-electron chi connectivity index (χ4n) is 3.99. The maximum absolute atomic E-state index is 12.7. The minimum absolute atomic E-state index is 0.0155. The Morgan fingerprint density at radius 1 is 1.24 bits per heavy atom.